The van der Waals surface area contributed by atoms with E-state index in [1.165, 1.54) is 6.08 Å². The summed E-state index contributed by atoms with van der Waals surface area (Å²) >= 11 is 0. The number of carbonyl (C=O) groups excluding carboxylic acids is 3. The number of Topliss-reactive ketones (excluding diaryl/α,β-unsaturated/α-hetero) is 1. The van der Waals surface area contributed by atoms with Crippen LogP contribution in [0.1, 0.15) is 72.6 Å². The second-order valence-electron chi connectivity index (χ2n) is 12.0. The Morgan fingerprint density at radius 1 is 0.970 bits per heavy atom. The zero-order chi connectivity index (χ0) is 23.6. The van der Waals surface area contributed by atoms with E-state index in [0.717, 1.165) is 24.8 Å². The van der Waals surface area contributed by atoms with Crippen LogP contribution in [0.3, 0.4) is 0 Å². The van der Waals surface area contributed by atoms with Crippen molar-refractivity contribution in [3.8, 4) is 0 Å². The van der Waals surface area contributed by atoms with Crippen LogP contribution in [0.2, 0.25) is 0 Å². The van der Waals surface area contributed by atoms with Crippen LogP contribution >= 0.6 is 0 Å². The van der Waals surface area contributed by atoms with Crippen LogP contribution in [0.25, 0.3) is 0 Å². The van der Waals surface area contributed by atoms with E-state index >= 15 is 0 Å². The summed E-state index contributed by atoms with van der Waals surface area (Å²) in [6.45, 7) is 8.08. The summed E-state index contributed by atoms with van der Waals surface area (Å²) in [5.41, 5.74) is -2.57. The number of nitrogens with zero attached hydrogens (tertiary/aromatic N) is 1. The average molecular weight is 454 g/mol. The van der Waals surface area contributed by atoms with Crippen molar-refractivity contribution in [2.45, 2.75) is 95.2 Å². The number of ketones is 3. The number of hydrogen-bond donors (Lipinski definition) is 0. The fourth-order valence-corrected chi connectivity index (χ4v) is 8.17. The van der Waals surface area contributed by atoms with Crippen molar-refractivity contribution < 1.29 is 23.9 Å². The summed E-state index contributed by atoms with van der Waals surface area (Å²) in [5.74, 6) is -1.58. The van der Waals surface area contributed by atoms with Crippen LogP contribution in [0.15, 0.2) is 28.5 Å². The van der Waals surface area contributed by atoms with E-state index < -0.39 is 28.1 Å². The Hall–Kier alpha value is -1.99. The second-order valence-corrected chi connectivity index (χ2v) is 12.0. The molecule has 3 unspecified atom stereocenters. The van der Waals surface area contributed by atoms with Crippen molar-refractivity contribution >= 4 is 17.3 Å². The third-order valence-corrected chi connectivity index (χ3v) is 10.0. The highest BCUT2D eigenvalue weighted by molar-refractivity contribution is 6.09. The van der Waals surface area contributed by atoms with Gasteiger partial charge in [-0.3, -0.25) is 14.4 Å². The number of carbonyl (C=O) groups is 3. The van der Waals surface area contributed by atoms with E-state index in [2.05, 4.69) is 25.9 Å². The molecule has 4 fully saturated rings. The summed E-state index contributed by atoms with van der Waals surface area (Å²) in [6.07, 6.45) is 6.55. The monoisotopic (exact) mass is 453 g/mol. The molecule has 6 rings (SSSR count). The van der Waals surface area contributed by atoms with Gasteiger partial charge in [-0.25, -0.2) is 0 Å². The van der Waals surface area contributed by atoms with Gasteiger partial charge in [0.15, 0.2) is 22.9 Å². The van der Waals surface area contributed by atoms with Crippen LogP contribution in [0.4, 0.5) is 0 Å². The predicted octanol–water partition coefficient (Wildman–Crippen LogP) is 3.99. The van der Waals surface area contributed by atoms with Crippen LogP contribution < -0.4 is 0 Å². The van der Waals surface area contributed by atoms with E-state index in [9.17, 15) is 19.3 Å². The fourth-order valence-electron chi connectivity index (χ4n) is 8.17. The van der Waals surface area contributed by atoms with Crippen molar-refractivity contribution in [3.05, 3.63) is 28.2 Å². The van der Waals surface area contributed by atoms with Gasteiger partial charge in [-0.2, -0.15) is 0 Å². The molecule has 2 saturated heterocycles. The van der Waals surface area contributed by atoms with Gasteiger partial charge in [-0.15, -0.1) is 4.91 Å². The third kappa shape index (κ3) is 2.35. The zero-order valence-electron chi connectivity index (χ0n) is 19.7. The van der Waals surface area contributed by atoms with Crippen molar-refractivity contribution in [3.63, 3.8) is 0 Å². The number of ether oxygens (including phenoxy) is 2. The van der Waals surface area contributed by atoms with E-state index in [4.69, 9.17) is 9.47 Å². The molecule has 0 aromatic carbocycles. The van der Waals surface area contributed by atoms with Gasteiger partial charge in [-0.1, -0.05) is 19.0 Å². The molecule has 0 aromatic heterocycles. The molecule has 2 saturated carbocycles. The van der Waals surface area contributed by atoms with Crippen molar-refractivity contribution in [1.82, 2.24) is 0 Å². The summed E-state index contributed by atoms with van der Waals surface area (Å²) in [6, 6.07) is 0. The van der Waals surface area contributed by atoms with Crippen molar-refractivity contribution in [2.75, 3.05) is 0 Å². The highest BCUT2D eigenvalue weighted by atomic mass is 16.7. The van der Waals surface area contributed by atoms with Gasteiger partial charge >= 0.3 is 0 Å². The van der Waals surface area contributed by atoms with Gasteiger partial charge in [-0.05, 0) is 68.7 Å². The Kier molecular flexibility index (Phi) is 4.02. The fraction of sp³-hybridized carbons (Fsp3) is 0.731. The predicted molar refractivity (Wildman–Crippen MR) is 118 cm³/mol. The molecule has 0 radical (unpaired) electrons. The van der Waals surface area contributed by atoms with E-state index in [-0.39, 0.29) is 47.8 Å². The Bertz CT molecular complexity index is 1090. The molecule has 0 aromatic rings. The lowest BCUT2D eigenvalue weighted by atomic mass is 9.49. The minimum atomic E-state index is -1.69. The molecule has 6 aliphatic rings. The normalized spacial score (nSPS) is 49.8. The maximum absolute atomic E-state index is 13.7. The molecular formula is C26H31NO6. The Morgan fingerprint density at radius 2 is 1.73 bits per heavy atom. The molecule has 7 nitrogen and oxygen atoms in total. The number of nitroso groups, excluding NO2 is 1. The first-order valence-corrected chi connectivity index (χ1v) is 12.2. The molecular weight excluding hydrogens is 422 g/mol. The van der Waals surface area contributed by atoms with Crippen LogP contribution in [-0.2, 0) is 23.9 Å². The van der Waals surface area contributed by atoms with E-state index in [0.29, 0.717) is 18.4 Å². The van der Waals surface area contributed by atoms with Gasteiger partial charge in [0.25, 0.3) is 0 Å². The molecule has 4 aliphatic carbocycles. The number of allylic oxidation sites excluding steroid dienone is 1. The maximum atomic E-state index is 13.7. The minimum Gasteiger partial charge on any atom is -0.344 e. The highest BCUT2D eigenvalue weighted by Gasteiger charge is 2.73. The average Bonchev–Trinajstić information content (AvgIpc) is 3.25. The molecule has 2 heterocycles. The summed E-state index contributed by atoms with van der Waals surface area (Å²) in [4.78, 5) is 51.8. The standard InChI is InChI=1S/C26H31NO6/c1-14-16-6-8-24(33-26(14)10-9-22(2,3)32-26)18-12-20(30)25(27-31)13-15(28)5-7-23(25,4)17(18)11-19(29)21(16)24/h11-12,14,16,21H,5-10,13H2,1-4H3/t14-,16+,21?,23?,24-,25?,26+/m0/s1. The molecule has 7 heteroatoms. The highest BCUT2D eigenvalue weighted by Crippen LogP contribution is 2.68. The largest absolute Gasteiger partial charge is 0.344 e. The van der Waals surface area contributed by atoms with Crippen LogP contribution in [0, 0.1) is 28.1 Å². The lowest BCUT2D eigenvalue weighted by Gasteiger charge is -2.58. The smallest absolute Gasteiger partial charge is 0.188 e. The Balaban J connectivity index is 1.55. The molecule has 2 aliphatic heterocycles. The van der Waals surface area contributed by atoms with Gasteiger partial charge in [0.2, 0.25) is 0 Å². The summed E-state index contributed by atoms with van der Waals surface area (Å²) < 4.78 is 13.6. The molecule has 33 heavy (non-hydrogen) atoms. The molecule has 0 amide bonds. The molecule has 7 atom stereocenters. The first-order chi connectivity index (χ1) is 15.4. The SMILES string of the molecule is C[C@H]1[C@H]2CC[C@]3(O[C@]14CCC(C)(C)O4)C1=CC(=O)C4(N=O)CC(=O)CCC4(C)C1=CC(=O)C23. The van der Waals surface area contributed by atoms with Crippen LogP contribution in [0.5, 0.6) is 0 Å². The van der Waals surface area contributed by atoms with E-state index in [1.807, 2.05) is 6.92 Å². The number of rotatable bonds is 1. The first kappa shape index (κ1) is 21.5. The summed E-state index contributed by atoms with van der Waals surface area (Å²) in [5, 5.41) is 3.30. The summed E-state index contributed by atoms with van der Waals surface area (Å²) in [7, 11) is 0. The lowest BCUT2D eigenvalue weighted by molar-refractivity contribution is -0.336. The van der Waals surface area contributed by atoms with Gasteiger partial charge in [0, 0.05) is 30.6 Å². The first-order valence-electron chi connectivity index (χ1n) is 12.2. The Labute approximate surface area is 193 Å². The minimum absolute atomic E-state index is 0.00381. The van der Waals surface area contributed by atoms with Gasteiger partial charge in [0.1, 0.15) is 11.4 Å². The van der Waals surface area contributed by atoms with Gasteiger partial charge in [0.05, 0.1) is 11.5 Å². The zero-order valence-corrected chi connectivity index (χ0v) is 19.7. The van der Waals surface area contributed by atoms with Crippen molar-refractivity contribution in [2.24, 2.45) is 28.3 Å². The van der Waals surface area contributed by atoms with Gasteiger partial charge < -0.3 is 9.47 Å². The maximum Gasteiger partial charge on any atom is 0.188 e. The molecule has 2 bridgehead atoms. The molecule has 0 N–H and O–H groups in total. The second kappa shape index (κ2) is 6.16. The lowest BCUT2D eigenvalue weighted by Crippen LogP contribution is -2.65. The molecule has 1 spiro atoms. The number of hydrogen-bond acceptors (Lipinski definition) is 7. The van der Waals surface area contributed by atoms with Crippen LogP contribution in [-0.4, -0.2) is 39.9 Å². The molecule has 176 valence electrons. The van der Waals surface area contributed by atoms with Crippen molar-refractivity contribution in [1.29, 1.82) is 0 Å². The Morgan fingerprint density at radius 3 is 2.39 bits per heavy atom. The topological polar surface area (TPSA) is 99.1 Å². The van der Waals surface area contributed by atoms with E-state index in [1.54, 1.807) is 6.08 Å². The third-order valence-electron chi connectivity index (χ3n) is 10.0. The number of fused-ring (bicyclic) bond motifs is 3. The quantitative estimate of drug-likeness (QED) is 0.557.